The van der Waals surface area contributed by atoms with Gasteiger partial charge in [0.2, 0.25) is 0 Å². The molecule has 0 radical (unpaired) electrons. The Hall–Kier alpha value is -3.39. The van der Waals surface area contributed by atoms with Crippen LogP contribution in [0, 0.1) is 5.82 Å². The summed E-state index contributed by atoms with van der Waals surface area (Å²) in [4.78, 5) is 14.3. The summed E-state index contributed by atoms with van der Waals surface area (Å²) >= 11 is 0. The lowest BCUT2D eigenvalue weighted by molar-refractivity contribution is 0.0772. The van der Waals surface area contributed by atoms with Crippen LogP contribution in [0.4, 0.5) is 10.1 Å². The SMILES string of the molecule is CN(CCOc1ccccc1F)C(=O)c1cccc(S(=O)(=O)N2CCc3ccccc32)c1. The van der Waals surface area contributed by atoms with Crippen LogP contribution in [0.2, 0.25) is 0 Å². The quantitative estimate of drug-likeness (QED) is 0.546. The van der Waals surface area contributed by atoms with E-state index in [4.69, 9.17) is 4.74 Å². The highest BCUT2D eigenvalue weighted by molar-refractivity contribution is 7.92. The Morgan fingerprint density at radius 2 is 1.81 bits per heavy atom. The monoisotopic (exact) mass is 454 g/mol. The zero-order valence-corrected chi connectivity index (χ0v) is 18.4. The van der Waals surface area contributed by atoms with Gasteiger partial charge in [-0.05, 0) is 48.4 Å². The Labute approximate surface area is 186 Å². The van der Waals surface area contributed by atoms with Crippen molar-refractivity contribution in [1.29, 1.82) is 0 Å². The first-order valence-electron chi connectivity index (χ1n) is 10.2. The summed E-state index contributed by atoms with van der Waals surface area (Å²) in [5, 5.41) is 0. The van der Waals surface area contributed by atoms with Crippen molar-refractivity contribution in [2.75, 3.05) is 31.0 Å². The van der Waals surface area contributed by atoms with Gasteiger partial charge in [0.1, 0.15) is 6.61 Å². The van der Waals surface area contributed by atoms with E-state index in [1.807, 2.05) is 18.2 Å². The molecule has 0 N–H and O–H groups in total. The Bertz CT molecular complexity index is 1250. The molecule has 4 rings (SSSR count). The van der Waals surface area contributed by atoms with E-state index in [2.05, 4.69) is 0 Å². The Kier molecular flexibility index (Phi) is 6.14. The molecule has 0 unspecified atom stereocenters. The molecule has 0 saturated heterocycles. The fourth-order valence-electron chi connectivity index (χ4n) is 3.65. The van der Waals surface area contributed by atoms with Crippen LogP contribution in [0.1, 0.15) is 15.9 Å². The van der Waals surface area contributed by atoms with Crippen LogP contribution in [-0.2, 0) is 16.4 Å². The smallest absolute Gasteiger partial charge is 0.264 e. The molecule has 0 atom stereocenters. The number of benzene rings is 3. The Balaban J connectivity index is 1.46. The lowest BCUT2D eigenvalue weighted by Crippen LogP contribution is -2.32. The van der Waals surface area contributed by atoms with Crippen molar-refractivity contribution >= 4 is 21.6 Å². The lowest BCUT2D eigenvalue weighted by atomic mass is 10.2. The van der Waals surface area contributed by atoms with Crippen LogP contribution in [-0.4, -0.2) is 46.0 Å². The molecule has 1 aliphatic heterocycles. The number of likely N-dealkylation sites (N-methyl/N-ethyl adjacent to an activating group) is 1. The number of ether oxygens (including phenoxy) is 1. The minimum Gasteiger partial charge on any atom is -0.489 e. The average Bonchev–Trinajstić information content (AvgIpc) is 3.25. The van der Waals surface area contributed by atoms with Crippen molar-refractivity contribution in [2.45, 2.75) is 11.3 Å². The number of fused-ring (bicyclic) bond motifs is 1. The molecule has 0 aromatic heterocycles. The van der Waals surface area contributed by atoms with Crippen molar-refractivity contribution in [3.05, 3.63) is 89.7 Å². The van der Waals surface area contributed by atoms with Gasteiger partial charge in [-0.25, -0.2) is 12.8 Å². The van der Waals surface area contributed by atoms with E-state index in [1.165, 1.54) is 33.5 Å². The fraction of sp³-hybridized carbons (Fsp3) is 0.208. The van der Waals surface area contributed by atoms with Crippen LogP contribution < -0.4 is 9.04 Å². The summed E-state index contributed by atoms with van der Waals surface area (Å²) in [6.45, 7) is 0.683. The van der Waals surface area contributed by atoms with E-state index in [0.29, 0.717) is 18.7 Å². The van der Waals surface area contributed by atoms with Crippen molar-refractivity contribution in [3.8, 4) is 5.75 Å². The molecule has 32 heavy (non-hydrogen) atoms. The van der Waals surface area contributed by atoms with Gasteiger partial charge in [-0.15, -0.1) is 0 Å². The molecule has 166 valence electrons. The van der Waals surface area contributed by atoms with Crippen LogP contribution in [0.25, 0.3) is 0 Å². The third-order valence-electron chi connectivity index (χ3n) is 5.38. The number of hydrogen-bond donors (Lipinski definition) is 0. The van der Waals surface area contributed by atoms with E-state index < -0.39 is 15.8 Å². The van der Waals surface area contributed by atoms with E-state index in [1.54, 1.807) is 37.4 Å². The number of carbonyl (C=O) groups is 1. The summed E-state index contributed by atoms with van der Waals surface area (Å²) in [5.74, 6) is -0.698. The molecule has 1 amide bonds. The summed E-state index contributed by atoms with van der Waals surface area (Å²) < 4.78 is 46.9. The lowest BCUT2D eigenvalue weighted by Gasteiger charge is -2.21. The van der Waals surface area contributed by atoms with Gasteiger partial charge in [0.25, 0.3) is 15.9 Å². The molecule has 0 spiro atoms. The van der Waals surface area contributed by atoms with Gasteiger partial charge in [0, 0.05) is 19.2 Å². The number of halogens is 1. The standard InChI is InChI=1S/C24H23FN2O4S/c1-26(15-16-31-23-12-5-3-10-21(23)25)24(28)19-8-6-9-20(17-19)32(29,30)27-14-13-18-7-2-4-11-22(18)27/h2-12,17H,13-16H2,1H3. The summed E-state index contributed by atoms with van der Waals surface area (Å²) in [6, 6.07) is 19.5. The van der Waals surface area contributed by atoms with Gasteiger partial charge < -0.3 is 9.64 Å². The number of para-hydroxylation sites is 2. The maximum atomic E-state index is 13.6. The molecule has 0 bridgehead atoms. The van der Waals surface area contributed by atoms with Gasteiger partial charge in [0.15, 0.2) is 11.6 Å². The number of amides is 1. The maximum Gasteiger partial charge on any atom is 0.264 e. The van der Waals surface area contributed by atoms with Crippen LogP contribution in [0.3, 0.4) is 0 Å². The molecule has 1 heterocycles. The Morgan fingerprint density at radius 3 is 2.62 bits per heavy atom. The highest BCUT2D eigenvalue weighted by Gasteiger charge is 2.31. The first kappa shape index (κ1) is 21.8. The number of rotatable bonds is 7. The minimum absolute atomic E-state index is 0.0658. The maximum absolute atomic E-state index is 13.6. The third kappa shape index (κ3) is 4.31. The molecule has 8 heteroatoms. The van der Waals surface area contributed by atoms with Crippen LogP contribution in [0.15, 0.2) is 77.7 Å². The van der Waals surface area contributed by atoms with Gasteiger partial charge in [-0.2, -0.15) is 0 Å². The highest BCUT2D eigenvalue weighted by Crippen LogP contribution is 2.32. The molecule has 0 saturated carbocycles. The topological polar surface area (TPSA) is 66.9 Å². The zero-order valence-electron chi connectivity index (χ0n) is 17.6. The number of sulfonamides is 1. The van der Waals surface area contributed by atoms with E-state index in [0.717, 1.165) is 5.56 Å². The highest BCUT2D eigenvalue weighted by atomic mass is 32.2. The molecule has 3 aromatic carbocycles. The normalized spacial score (nSPS) is 13.0. The van der Waals surface area contributed by atoms with Crippen LogP contribution >= 0.6 is 0 Å². The Morgan fingerprint density at radius 1 is 1.06 bits per heavy atom. The zero-order chi connectivity index (χ0) is 22.7. The summed E-state index contributed by atoms with van der Waals surface area (Å²) in [5.41, 5.74) is 1.91. The van der Waals surface area contributed by atoms with Gasteiger partial charge in [-0.1, -0.05) is 36.4 Å². The number of hydrogen-bond acceptors (Lipinski definition) is 4. The molecule has 0 aliphatic carbocycles. The number of nitrogens with zero attached hydrogens (tertiary/aromatic N) is 2. The third-order valence-corrected chi connectivity index (χ3v) is 7.19. The molecule has 3 aromatic rings. The fourth-order valence-corrected chi connectivity index (χ4v) is 5.20. The van der Waals surface area contributed by atoms with Gasteiger partial charge >= 0.3 is 0 Å². The van der Waals surface area contributed by atoms with Gasteiger partial charge in [-0.3, -0.25) is 9.10 Å². The van der Waals surface area contributed by atoms with E-state index in [-0.39, 0.29) is 35.3 Å². The second kappa shape index (κ2) is 9.00. The summed E-state index contributed by atoms with van der Waals surface area (Å²) in [6.07, 6.45) is 0.652. The largest absolute Gasteiger partial charge is 0.489 e. The van der Waals surface area contributed by atoms with E-state index in [9.17, 15) is 17.6 Å². The van der Waals surface area contributed by atoms with Crippen molar-refractivity contribution in [2.24, 2.45) is 0 Å². The van der Waals surface area contributed by atoms with Crippen molar-refractivity contribution < 1.29 is 22.3 Å². The molecule has 0 fully saturated rings. The van der Waals surface area contributed by atoms with Crippen molar-refractivity contribution in [1.82, 2.24) is 4.90 Å². The second-order valence-electron chi connectivity index (χ2n) is 7.49. The summed E-state index contributed by atoms with van der Waals surface area (Å²) in [7, 11) is -2.21. The molecule has 6 nitrogen and oxygen atoms in total. The second-order valence-corrected chi connectivity index (χ2v) is 9.35. The average molecular weight is 455 g/mol. The number of anilines is 1. The van der Waals surface area contributed by atoms with E-state index >= 15 is 0 Å². The van der Waals surface area contributed by atoms with Gasteiger partial charge in [0.05, 0.1) is 17.1 Å². The molecular formula is C24H23FN2O4S. The first-order chi connectivity index (χ1) is 15.4. The van der Waals surface area contributed by atoms with Crippen LogP contribution in [0.5, 0.6) is 5.75 Å². The predicted octanol–water partition coefficient (Wildman–Crippen LogP) is 3.73. The predicted molar refractivity (Wildman–Crippen MR) is 120 cm³/mol. The van der Waals surface area contributed by atoms with Crippen molar-refractivity contribution in [3.63, 3.8) is 0 Å². The first-order valence-corrected chi connectivity index (χ1v) is 11.7. The minimum atomic E-state index is -3.80. The molecule has 1 aliphatic rings. The molecular weight excluding hydrogens is 431 g/mol. The number of carbonyl (C=O) groups excluding carboxylic acids is 1.